The molecule has 1 aromatic heterocycles. The van der Waals surface area contributed by atoms with Crippen LogP contribution >= 0.6 is 0 Å². The third kappa shape index (κ3) is 2.18. The van der Waals surface area contributed by atoms with Crippen molar-refractivity contribution in [2.45, 2.75) is 32.3 Å². The normalized spacial score (nSPS) is 18.8. The Hall–Kier alpha value is -0.940. The maximum absolute atomic E-state index is 5.77. The molecular weight excluding hydrogens is 194 g/mol. The second-order valence-electron chi connectivity index (χ2n) is 4.27. The molecule has 1 fully saturated rings. The highest BCUT2D eigenvalue weighted by Gasteiger charge is 2.37. The van der Waals surface area contributed by atoms with Gasteiger partial charge in [0, 0.05) is 13.5 Å². The Kier molecular flexibility index (Phi) is 3.02. The van der Waals surface area contributed by atoms with Crippen LogP contribution in [0.1, 0.15) is 31.0 Å². The van der Waals surface area contributed by atoms with E-state index >= 15 is 0 Å². The Labute approximate surface area is 89.0 Å². The number of rotatable bonds is 5. The summed E-state index contributed by atoms with van der Waals surface area (Å²) in [6.07, 6.45) is 4.41. The number of nitrogens with zero attached hydrogens (tertiary/aromatic N) is 2. The standard InChI is InChI=1S/C10H17N3O2/c1-14-6-8-12-9(15-13-8)5-10(7-11)3-2-4-10/h2-7,11H2,1H3. The molecule has 5 heteroatoms. The van der Waals surface area contributed by atoms with Crippen LogP contribution in [0.4, 0.5) is 0 Å². The molecule has 0 saturated heterocycles. The molecule has 0 radical (unpaired) electrons. The van der Waals surface area contributed by atoms with Gasteiger partial charge < -0.3 is 15.0 Å². The first-order chi connectivity index (χ1) is 7.28. The van der Waals surface area contributed by atoms with Crippen molar-refractivity contribution < 1.29 is 9.26 Å². The number of hydrogen-bond acceptors (Lipinski definition) is 5. The third-order valence-electron chi connectivity index (χ3n) is 3.16. The Bertz CT molecular complexity index is 315. The zero-order chi connectivity index (χ0) is 10.7. The number of aromatic nitrogens is 2. The average molecular weight is 211 g/mol. The van der Waals surface area contributed by atoms with E-state index in [2.05, 4.69) is 10.1 Å². The second-order valence-corrected chi connectivity index (χ2v) is 4.27. The fraction of sp³-hybridized carbons (Fsp3) is 0.800. The quantitative estimate of drug-likeness (QED) is 0.782. The molecule has 0 bridgehead atoms. The van der Waals surface area contributed by atoms with Gasteiger partial charge in [0.2, 0.25) is 5.89 Å². The fourth-order valence-electron chi connectivity index (χ4n) is 2.00. The zero-order valence-electron chi connectivity index (χ0n) is 9.03. The highest BCUT2D eigenvalue weighted by molar-refractivity contribution is 4.97. The van der Waals surface area contributed by atoms with E-state index in [1.54, 1.807) is 7.11 Å². The van der Waals surface area contributed by atoms with E-state index in [1.165, 1.54) is 19.3 Å². The Balaban J connectivity index is 1.97. The van der Waals surface area contributed by atoms with Crippen molar-refractivity contribution in [3.63, 3.8) is 0 Å². The molecule has 0 unspecified atom stereocenters. The van der Waals surface area contributed by atoms with Gasteiger partial charge in [-0.25, -0.2) is 0 Å². The Morgan fingerprint density at radius 1 is 1.53 bits per heavy atom. The predicted molar refractivity (Wildman–Crippen MR) is 54.1 cm³/mol. The smallest absolute Gasteiger partial charge is 0.227 e. The Morgan fingerprint density at radius 2 is 2.33 bits per heavy atom. The fourth-order valence-corrected chi connectivity index (χ4v) is 2.00. The van der Waals surface area contributed by atoms with E-state index in [0.29, 0.717) is 24.9 Å². The lowest BCUT2D eigenvalue weighted by Crippen LogP contribution is -2.39. The summed E-state index contributed by atoms with van der Waals surface area (Å²) in [5.74, 6) is 1.30. The summed E-state index contributed by atoms with van der Waals surface area (Å²) in [7, 11) is 1.61. The van der Waals surface area contributed by atoms with Crippen molar-refractivity contribution in [1.29, 1.82) is 0 Å². The monoisotopic (exact) mass is 211 g/mol. The number of methoxy groups -OCH3 is 1. The van der Waals surface area contributed by atoms with Gasteiger partial charge in [-0.3, -0.25) is 0 Å². The van der Waals surface area contributed by atoms with Crippen LogP contribution in [0.3, 0.4) is 0 Å². The molecule has 15 heavy (non-hydrogen) atoms. The lowest BCUT2D eigenvalue weighted by atomic mass is 9.67. The van der Waals surface area contributed by atoms with Gasteiger partial charge in [-0.15, -0.1) is 0 Å². The van der Waals surface area contributed by atoms with Gasteiger partial charge in [0.15, 0.2) is 5.82 Å². The minimum atomic E-state index is 0.219. The van der Waals surface area contributed by atoms with Crippen LogP contribution in [0.2, 0.25) is 0 Å². The van der Waals surface area contributed by atoms with Crippen molar-refractivity contribution in [1.82, 2.24) is 10.1 Å². The summed E-state index contributed by atoms with van der Waals surface area (Å²) in [5.41, 5.74) is 5.99. The van der Waals surface area contributed by atoms with Gasteiger partial charge in [0.25, 0.3) is 0 Å². The first-order valence-corrected chi connectivity index (χ1v) is 5.28. The molecule has 1 saturated carbocycles. The maximum atomic E-state index is 5.77. The van der Waals surface area contributed by atoms with Crippen LogP contribution in [0.15, 0.2) is 4.52 Å². The van der Waals surface area contributed by atoms with Crippen LogP contribution in [-0.2, 0) is 17.8 Å². The van der Waals surface area contributed by atoms with Crippen LogP contribution < -0.4 is 5.73 Å². The molecule has 5 nitrogen and oxygen atoms in total. The molecule has 1 aromatic rings. The number of ether oxygens (including phenoxy) is 1. The van der Waals surface area contributed by atoms with E-state index in [4.69, 9.17) is 15.0 Å². The highest BCUT2D eigenvalue weighted by atomic mass is 16.5. The molecule has 0 amide bonds. The van der Waals surface area contributed by atoms with Gasteiger partial charge in [0.05, 0.1) is 0 Å². The topological polar surface area (TPSA) is 74.2 Å². The zero-order valence-corrected chi connectivity index (χ0v) is 9.03. The molecule has 2 rings (SSSR count). The van der Waals surface area contributed by atoms with Crippen LogP contribution in [-0.4, -0.2) is 23.8 Å². The SMILES string of the molecule is COCc1noc(CC2(CN)CCC2)n1. The molecule has 0 aromatic carbocycles. The second kappa shape index (κ2) is 4.28. The summed E-state index contributed by atoms with van der Waals surface area (Å²) >= 11 is 0. The molecule has 1 aliphatic rings. The van der Waals surface area contributed by atoms with Crippen LogP contribution in [0.5, 0.6) is 0 Å². The molecule has 0 aliphatic heterocycles. The predicted octanol–water partition coefficient (Wildman–Crippen LogP) is 0.887. The van der Waals surface area contributed by atoms with Gasteiger partial charge in [-0.2, -0.15) is 4.98 Å². The summed E-state index contributed by atoms with van der Waals surface area (Å²) < 4.78 is 10.1. The molecule has 2 N–H and O–H groups in total. The molecule has 0 spiro atoms. The van der Waals surface area contributed by atoms with Crippen LogP contribution in [0.25, 0.3) is 0 Å². The minimum Gasteiger partial charge on any atom is -0.377 e. The third-order valence-corrected chi connectivity index (χ3v) is 3.16. The first kappa shape index (κ1) is 10.6. The summed E-state index contributed by atoms with van der Waals surface area (Å²) in [6.45, 7) is 1.11. The number of nitrogens with two attached hydrogens (primary N) is 1. The molecular formula is C10H17N3O2. The molecule has 0 atom stereocenters. The minimum absolute atomic E-state index is 0.219. The van der Waals surface area contributed by atoms with E-state index < -0.39 is 0 Å². The van der Waals surface area contributed by atoms with E-state index in [1.807, 2.05) is 0 Å². The van der Waals surface area contributed by atoms with Gasteiger partial charge in [-0.05, 0) is 24.8 Å². The molecule has 1 heterocycles. The van der Waals surface area contributed by atoms with Gasteiger partial charge in [-0.1, -0.05) is 11.6 Å². The van der Waals surface area contributed by atoms with Crippen molar-refractivity contribution >= 4 is 0 Å². The van der Waals surface area contributed by atoms with Crippen LogP contribution in [0, 0.1) is 5.41 Å². The van der Waals surface area contributed by atoms with Gasteiger partial charge in [0.1, 0.15) is 6.61 Å². The lowest BCUT2D eigenvalue weighted by Gasteiger charge is -2.39. The van der Waals surface area contributed by atoms with Crippen molar-refractivity contribution in [3.05, 3.63) is 11.7 Å². The lowest BCUT2D eigenvalue weighted by molar-refractivity contribution is 0.129. The largest absolute Gasteiger partial charge is 0.377 e. The average Bonchev–Trinajstić information content (AvgIpc) is 2.60. The van der Waals surface area contributed by atoms with Crippen molar-refractivity contribution in [3.8, 4) is 0 Å². The summed E-state index contributed by atoms with van der Waals surface area (Å²) in [6, 6.07) is 0. The highest BCUT2D eigenvalue weighted by Crippen LogP contribution is 2.42. The molecule has 84 valence electrons. The van der Waals surface area contributed by atoms with E-state index in [0.717, 1.165) is 6.42 Å². The van der Waals surface area contributed by atoms with E-state index in [9.17, 15) is 0 Å². The Morgan fingerprint density at radius 3 is 2.87 bits per heavy atom. The van der Waals surface area contributed by atoms with Crippen molar-refractivity contribution in [2.24, 2.45) is 11.1 Å². The number of hydrogen-bond donors (Lipinski definition) is 1. The van der Waals surface area contributed by atoms with Crippen molar-refractivity contribution in [2.75, 3.05) is 13.7 Å². The van der Waals surface area contributed by atoms with E-state index in [-0.39, 0.29) is 5.41 Å². The summed E-state index contributed by atoms with van der Waals surface area (Å²) in [4.78, 5) is 4.26. The first-order valence-electron chi connectivity index (χ1n) is 5.28. The molecule has 1 aliphatic carbocycles. The summed E-state index contributed by atoms with van der Waals surface area (Å²) in [5, 5.41) is 3.83. The maximum Gasteiger partial charge on any atom is 0.227 e. The van der Waals surface area contributed by atoms with Gasteiger partial charge >= 0.3 is 0 Å².